The van der Waals surface area contributed by atoms with Crippen LogP contribution in [0.25, 0.3) is 11.3 Å². The van der Waals surface area contributed by atoms with Crippen molar-refractivity contribution in [1.29, 1.82) is 0 Å². The van der Waals surface area contributed by atoms with Crippen molar-refractivity contribution in [2.75, 3.05) is 39.5 Å². The first-order chi connectivity index (χ1) is 10.8. The second-order valence-corrected chi connectivity index (χ2v) is 5.53. The fourth-order valence-corrected chi connectivity index (χ4v) is 2.56. The maximum atomic E-state index is 5.81. The van der Waals surface area contributed by atoms with Crippen LogP contribution in [0.4, 0.5) is 0 Å². The lowest BCUT2D eigenvalue weighted by Gasteiger charge is -2.26. The molecule has 1 fully saturated rings. The summed E-state index contributed by atoms with van der Waals surface area (Å²) in [7, 11) is 0. The summed E-state index contributed by atoms with van der Waals surface area (Å²) < 4.78 is 11.2. The van der Waals surface area contributed by atoms with Crippen molar-refractivity contribution in [3.63, 3.8) is 0 Å². The van der Waals surface area contributed by atoms with Crippen LogP contribution in [0.2, 0.25) is 0 Å². The third kappa shape index (κ3) is 4.06. The molecule has 0 saturated carbocycles. The van der Waals surface area contributed by atoms with Gasteiger partial charge in [0.05, 0.1) is 18.9 Å². The number of aryl methyl sites for hydroxylation is 1. The van der Waals surface area contributed by atoms with E-state index >= 15 is 0 Å². The number of hydrogen-bond donors (Lipinski definition) is 0. The maximum absolute atomic E-state index is 5.81. The summed E-state index contributed by atoms with van der Waals surface area (Å²) in [4.78, 5) is 6.96. The Kier molecular flexibility index (Phi) is 5.03. The van der Waals surface area contributed by atoms with Crippen LogP contribution >= 0.6 is 0 Å². The number of nitrogens with zero attached hydrogens (tertiary/aromatic N) is 2. The Morgan fingerprint density at radius 2 is 1.95 bits per heavy atom. The Balaban J connectivity index is 1.59. The highest BCUT2D eigenvalue weighted by Gasteiger charge is 2.10. The first-order valence-corrected chi connectivity index (χ1v) is 7.78. The van der Waals surface area contributed by atoms with E-state index in [4.69, 9.17) is 9.47 Å². The van der Waals surface area contributed by atoms with Crippen LogP contribution in [-0.4, -0.2) is 49.3 Å². The lowest BCUT2D eigenvalue weighted by atomic mass is 10.1. The summed E-state index contributed by atoms with van der Waals surface area (Å²) in [6.07, 6.45) is 0. The second-order valence-electron chi connectivity index (χ2n) is 5.53. The highest BCUT2D eigenvalue weighted by Crippen LogP contribution is 2.20. The summed E-state index contributed by atoms with van der Waals surface area (Å²) >= 11 is 0. The predicted molar refractivity (Wildman–Crippen MR) is 87.2 cm³/mol. The van der Waals surface area contributed by atoms with Gasteiger partial charge < -0.3 is 9.47 Å². The van der Waals surface area contributed by atoms with Crippen molar-refractivity contribution in [3.8, 4) is 17.1 Å². The Morgan fingerprint density at radius 3 is 2.77 bits per heavy atom. The lowest BCUT2D eigenvalue weighted by Crippen LogP contribution is -2.38. The molecule has 1 saturated heterocycles. The molecule has 1 aromatic heterocycles. The summed E-state index contributed by atoms with van der Waals surface area (Å²) in [5.41, 5.74) is 3.31. The van der Waals surface area contributed by atoms with Crippen molar-refractivity contribution in [2.24, 2.45) is 0 Å². The molecule has 0 unspecified atom stereocenters. The van der Waals surface area contributed by atoms with Crippen LogP contribution < -0.4 is 4.74 Å². The Bertz CT molecular complexity index is 610. The number of aromatic nitrogens is 1. The number of pyridine rings is 1. The molecule has 1 aromatic carbocycles. The fourth-order valence-electron chi connectivity index (χ4n) is 2.56. The van der Waals surface area contributed by atoms with Gasteiger partial charge in [-0.25, -0.2) is 4.98 Å². The molecule has 2 aromatic rings. The van der Waals surface area contributed by atoms with Crippen molar-refractivity contribution in [3.05, 3.63) is 48.0 Å². The van der Waals surface area contributed by atoms with Gasteiger partial charge in [-0.1, -0.05) is 29.8 Å². The largest absolute Gasteiger partial charge is 0.476 e. The normalized spacial score (nSPS) is 15.7. The van der Waals surface area contributed by atoms with Crippen molar-refractivity contribution in [2.45, 2.75) is 6.92 Å². The van der Waals surface area contributed by atoms with Crippen LogP contribution in [0.1, 0.15) is 5.56 Å². The predicted octanol–water partition coefficient (Wildman–Crippen LogP) is 2.77. The molecule has 3 rings (SSSR count). The van der Waals surface area contributed by atoms with Gasteiger partial charge in [0.25, 0.3) is 0 Å². The van der Waals surface area contributed by atoms with E-state index in [-0.39, 0.29) is 0 Å². The summed E-state index contributed by atoms with van der Waals surface area (Å²) in [5, 5.41) is 0. The minimum atomic E-state index is 0.657. The molecule has 1 aliphatic heterocycles. The van der Waals surface area contributed by atoms with Gasteiger partial charge in [-0.05, 0) is 19.1 Å². The molecule has 0 atom stereocenters. The van der Waals surface area contributed by atoms with Gasteiger partial charge in [-0.15, -0.1) is 0 Å². The third-order valence-corrected chi connectivity index (χ3v) is 3.80. The van der Waals surface area contributed by atoms with Gasteiger partial charge in [0.1, 0.15) is 6.61 Å². The van der Waals surface area contributed by atoms with Gasteiger partial charge >= 0.3 is 0 Å². The molecule has 0 radical (unpaired) electrons. The van der Waals surface area contributed by atoms with Gasteiger partial charge in [-0.2, -0.15) is 0 Å². The zero-order valence-electron chi connectivity index (χ0n) is 13.0. The number of benzene rings is 1. The smallest absolute Gasteiger partial charge is 0.213 e. The Hall–Kier alpha value is -1.91. The highest BCUT2D eigenvalue weighted by atomic mass is 16.5. The Labute approximate surface area is 131 Å². The van der Waals surface area contributed by atoms with Crippen molar-refractivity contribution < 1.29 is 9.47 Å². The molecule has 0 bridgehead atoms. The van der Waals surface area contributed by atoms with E-state index in [1.807, 2.05) is 18.2 Å². The summed E-state index contributed by atoms with van der Waals surface area (Å²) in [6.45, 7) is 7.28. The zero-order chi connectivity index (χ0) is 15.2. The molecule has 0 spiro atoms. The summed E-state index contributed by atoms with van der Waals surface area (Å²) in [6, 6.07) is 14.3. The number of hydrogen-bond acceptors (Lipinski definition) is 4. The zero-order valence-corrected chi connectivity index (χ0v) is 13.0. The van der Waals surface area contributed by atoms with Gasteiger partial charge in [0, 0.05) is 31.3 Å². The van der Waals surface area contributed by atoms with E-state index in [1.54, 1.807) is 0 Å². The van der Waals surface area contributed by atoms with E-state index in [9.17, 15) is 0 Å². The van der Waals surface area contributed by atoms with Crippen LogP contribution in [0, 0.1) is 6.92 Å². The number of morpholine rings is 1. The summed E-state index contributed by atoms with van der Waals surface area (Å²) in [5.74, 6) is 0.687. The molecule has 116 valence electrons. The molecule has 4 heteroatoms. The van der Waals surface area contributed by atoms with Crippen LogP contribution in [0.15, 0.2) is 42.5 Å². The van der Waals surface area contributed by atoms with Crippen molar-refractivity contribution >= 4 is 0 Å². The molecule has 4 nitrogen and oxygen atoms in total. The molecular formula is C18H22N2O2. The molecule has 1 aliphatic rings. The van der Waals surface area contributed by atoms with E-state index in [0.29, 0.717) is 12.5 Å². The average Bonchev–Trinajstić information content (AvgIpc) is 2.56. The van der Waals surface area contributed by atoms with Gasteiger partial charge in [0.2, 0.25) is 5.88 Å². The first-order valence-electron chi connectivity index (χ1n) is 7.78. The van der Waals surface area contributed by atoms with Gasteiger partial charge in [0.15, 0.2) is 0 Å². The molecule has 0 amide bonds. The first kappa shape index (κ1) is 15.0. The molecule has 2 heterocycles. The standard InChI is InChI=1S/C18H22N2O2/c1-15-4-2-5-16(14-15)17-6-3-7-18(19-17)22-13-10-20-8-11-21-12-9-20/h2-7,14H,8-13H2,1H3. The van der Waals surface area contributed by atoms with E-state index in [2.05, 4.69) is 41.1 Å². The fraction of sp³-hybridized carbons (Fsp3) is 0.389. The van der Waals surface area contributed by atoms with Crippen molar-refractivity contribution in [1.82, 2.24) is 9.88 Å². The second kappa shape index (κ2) is 7.38. The van der Waals surface area contributed by atoms with E-state index in [1.165, 1.54) is 5.56 Å². The quantitative estimate of drug-likeness (QED) is 0.850. The minimum Gasteiger partial charge on any atom is -0.476 e. The minimum absolute atomic E-state index is 0.657. The van der Waals surface area contributed by atoms with E-state index in [0.717, 1.165) is 44.1 Å². The monoisotopic (exact) mass is 298 g/mol. The molecule has 22 heavy (non-hydrogen) atoms. The topological polar surface area (TPSA) is 34.6 Å². The molecule has 0 aliphatic carbocycles. The van der Waals surface area contributed by atoms with Crippen LogP contribution in [0.5, 0.6) is 5.88 Å². The van der Waals surface area contributed by atoms with Gasteiger partial charge in [-0.3, -0.25) is 4.90 Å². The molecule has 0 N–H and O–H groups in total. The number of rotatable bonds is 5. The maximum Gasteiger partial charge on any atom is 0.213 e. The SMILES string of the molecule is Cc1cccc(-c2cccc(OCCN3CCOCC3)n2)c1. The highest BCUT2D eigenvalue weighted by molar-refractivity contribution is 5.60. The number of ether oxygens (including phenoxy) is 2. The Morgan fingerprint density at radius 1 is 1.14 bits per heavy atom. The average molecular weight is 298 g/mol. The van der Waals surface area contributed by atoms with E-state index < -0.39 is 0 Å². The lowest BCUT2D eigenvalue weighted by molar-refractivity contribution is 0.0320. The van der Waals surface area contributed by atoms with Crippen LogP contribution in [-0.2, 0) is 4.74 Å². The van der Waals surface area contributed by atoms with Crippen LogP contribution in [0.3, 0.4) is 0 Å². The third-order valence-electron chi connectivity index (χ3n) is 3.80. The molecular weight excluding hydrogens is 276 g/mol.